The maximum absolute atomic E-state index is 12.1. The highest BCUT2D eigenvalue weighted by molar-refractivity contribution is 6.44. The lowest BCUT2D eigenvalue weighted by molar-refractivity contribution is -0.126. The van der Waals surface area contributed by atoms with Crippen molar-refractivity contribution in [3.8, 4) is 11.5 Å². The molecule has 0 fully saturated rings. The van der Waals surface area contributed by atoms with E-state index < -0.39 is 18.2 Å². The van der Waals surface area contributed by atoms with Crippen LogP contribution in [0.5, 0.6) is 11.5 Å². The van der Waals surface area contributed by atoms with E-state index in [1.165, 1.54) is 13.3 Å². The lowest BCUT2D eigenvalue weighted by Gasteiger charge is -2.12. The van der Waals surface area contributed by atoms with Crippen molar-refractivity contribution in [3.05, 3.63) is 86.9 Å². The summed E-state index contributed by atoms with van der Waals surface area (Å²) < 4.78 is 11.2. The average Bonchev–Trinajstić information content (AvgIpc) is 2.82. The molecule has 176 valence electrons. The summed E-state index contributed by atoms with van der Waals surface area (Å²) in [6.45, 7) is 0.280. The van der Waals surface area contributed by atoms with Gasteiger partial charge in [0.15, 0.2) is 11.5 Å². The molecule has 7 nitrogen and oxygen atoms in total. The van der Waals surface area contributed by atoms with Crippen molar-refractivity contribution < 1.29 is 19.1 Å². The largest absolute Gasteiger partial charge is 0.493 e. The first-order chi connectivity index (χ1) is 16.4. The highest BCUT2D eigenvalue weighted by Gasteiger charge is 2.12. The van der Waals surface area contributed by atoms with Crippen molar-refractivity contribution in [2.45, 2.75) is 13.0 Å². The van der Waals surface area contributed by atoms with Crippen LogP contribution in [0.25, 0.3) is 0 Å². The molecular formula is C24H20Cl3N3O4. The summed E-state index contributed by atoms with van der Waals surface area (Å²) in [7, 11) is 1.52. The van der Waals surface area contributed by atoms with Crippen molar-refractivity contribution in [2.24, 2.45) is 5.10 Å². The molecule has 0 saturated heterocycles. The van der Waals surface area contributed by atoms with E-state index in [0.29, 0.717) is 32.8 Å². The minimum absolute atomic E-state index is 0.198. The number of carbonyl (C=O) groups is 2. The number of ether oxygens (including phenoxy) is 2. The third-order valence-corrected chi connectivity index (χ3v) is 5.67. The van der Waals surface area contributed by atoms with Crippen molar-refractivity contribution in [3.63, 3.8) is 0 Å². The van der Waals surface area contributed by atoms with Gasteiger partial charge in [-0.1, -0.05) is 59.1 Å². The predicted octanol–water partition coefficient (Wildman–Crippen LogP) is 5.71. The van der Waals surface area contributed by atoms with Crippen LogP contribution in [0.3, 0.4) is 0 Å². The number of halogens is 3. The van der Waals surface area contributed by atoms with Crippen molar-refractivity contribution in [2.75, 3.05) is 12.4 Å². The lowest BCUT2D eigenvalue weighted by atomic mass is 10.2. The molecule has 0 spiro atoms. The highest BCUT2D eigenvalue weighted by atomic mass is 35.5. The number of nitrogens with zero attached hydrogens (tertiary/aromatic N) is 1. The van der Waals surface area contributed by atoms with E-state index in [0.717, 1.165) is 5.56 Å². The Labute approximate surface area is 211 Å². The quantitative estimate of drug-likeness (QED) is 0.215. The van der Waals surface area contributed by atoms with Gasteiger partial charge in [-0.05, 0) is 42.0 Å². The molecule has 3 aromatic carbocycles. The molecule has 0 bridgehead atoms. The van der Waals surface area contributed by atoms with Crippen LogP contribution in [-0.4, -0.2) is 25.1 Å². The van der Waals surface area contributed by atoms with Gasteiger partial charge in [0.05, 0.1) is 29.1 Å². The van der Waals surface area contributed by atoms with E-state index in [4.69, 9.17) is 44.3 Å². The maximum Gasteiger partial charge on any atom is 0.249 e. The van der Waals surface area contributed by atoms with Crippen molar-refractivity contribution in [1.82, 2.24) is 5.43 Å². The molecule has 34 heavy (non-hydrogen) atoms. The predicted molar refractivity (Wildman–Crippen MR) is 134 cm³/mol. The van der Waals surface area contributed by atoms with E-state index in [1.54, 1.807) is 42.5 Å². The molecule has 2 amide bonds. The fourth-order valence-corrected chi connectivity index (χ4v) is 3.35. The van der Waals surface area contributed by atoms with E-state index >= 15 is 0 Å². The van der Waals surface area contributed by atoms with Crippen LogP contribution in [0.2, 0.25) is 15.1 Å². The summed E-state index contributed by atoms with van der Waals surface area (Å²) in [5.74, 6) is -0.142. The number of nitrogens with one attached hydrogen (secondary N) is 2. The Kier molecular flexibility index (Phi) is 9.16. The smallest absolute Gasteiger partial charge is 0.249 e. The molecule has 0 aromatic heterocycles. The maximum atomic E-state index is 12.1. The Balaban J connectivity index is 1.53. The summed E-state index contributed by atoms with van der Waals surface area (Å²) in [6.07, 6.45) is 0.975. The molecule has 0 atom stereocenters. The van der Waals surface area contributed by atoms with Crippen molar-refractivity contribution >= 4 is 58.5 Å². The standard InChI is InChI=1S/C24H20Cl3N3O4/c1-33-21-11-15(9-10-20(21)34-14-16-5-2-3-6-17(16)25)13-28-30-23(32)12-22(31)29-19-8-4-7-18(26)24(19)27/h2-11,13H,12,14H2,1H3,(H,29,31)(H,30,32). The second-order valence-electron chi connectivity index (χ2n) is 6.91. The second-order valence-corrected chi connectivity index (χ2v) is 8.10. The third-order valence-electron chi connectivity index (χ3n) is 4.48. The monoisotopic (exact) mass is 519 g/mol. The average molecular weight is 521 g/mol. The minimum Gasteiger partial charge on any atom is -0.493 e. The second kappa shape index (κ2) is 12.3. The third kappa shape index (κ3) is 7.12. The zero-order valence-electron chi connectivity index (χ0n) is 18.0. The van der Waals surface area contributed by atoms with Gasteiger partial charge in [-0.2, -0.15) is 5.10 Å². The van der Waals surface area contributed by atoms with Gasteiger partial charge in [0.1, 0.15) is 13.0 Å². The SMILES string of the molecule is COc1cc(C=NNC(=O)CC(=O)Nc2cccc(Cl)c2Cl)ccc1OCc1ccccc1Cl. The van der Waals surface area contributed by atoms with Gasteiger partial charge in [0.2, 0.25) is 11.8 Å². The van der Waals surface area contributed by atoms with Gasteiger partial charge >= 0.3 is 0 Å². The summed E-state index contributed by atoms with van der Waals surface area (Å²) in [6, 6.07) is 17.4. The normalized spacial score (nSPS) is 10.7. The number of hydrogen-bond acceptors (Lipinski definition) is 5. The Hall–Kier alpha value is -3.26. The van der Waals surface area contributed by atoms with E-state index in [9.17, 15) is 9.59 Å². The number of methoxy groups -OCH3 is 1. The molecule has 0 aliphatic rings. The Bertz CT molecular complexity index is 1220. The Morgan fingerprint density at radius 3 is 2.47 bits per heavy atom. The number of anilines is 1. The van der Waals surface area contributed by atoms with Crippen LogP contribution in [0.15, 0.2) is 65.8 Å². The van der Waals surface area contributed by atoms with Crippen LogP contribution in [0.4, 0.5) is 5.69 Å². The number of hydrogen-bond donors (Lipinski definition) is 2. The molecular weight excluding hydrogens is 501 g/mol. The van der Waals surface area contributed by atoms with Crippen LogP contribution >= 0.6 is 34.8 Å². The van der Waals surface area contributed by atoms with Crippen LogP contribution < -0.4 is 20.2 Å². The zero-order valence-corrected chi connectivity index (χ0v) is 20.2. The Morgan fingerprint density at radius 2 is 1.71 bits per heavy atom. The van der Waals surface area contributed by atoms with Gasteiger partial charge in [-0.25, -0.2) is 5.43 Å². The fraction of sp³-hybridized carbons (Fsp3) is 0.125. The van der Waals surface area contributed by atoms with Gasteiger partial charge in [-0.3, -0.25) is 9.59 Å². The van der Waals surface area contributed by atoms with Crippen LogP contribution in [-0.2, 0) is 16.2 Å². The molecule has 3 aromatic rings. The zero-order chi connectivity index (χ0) is 24.5. The van der Waals surface area contributed by atoms with Crippen LogP contribution in [0.1, 0.15) is 17.5 Å². The number of carbonyl (C=O) groups excluding carboxylic acids is 2. The topological polar surface area (TPSA) is 89.0 Å². The van der Waals surface area contributed by atoms with E-state index in [1.807, 2.05) is 18.2 Å². The first-order valence-corrected chi connectivity index (χ1v) is 11.1. The molecule has 10 heteroatoms. The van der Waals surface area contributed by atoms with Gasteiger partial charge in [0, 0.05) is 10.6 Å². The number of rotatable bonds is 9. The molecule has 0 aliphatic heterocycles. The molecule has 2 N–H and O–H groups in total. The number of benzene rings is 3. The summed E-state index contributed by atoms with van der Waals surface area (Å²) in [5, 5.41) is 7.52. The molecule has 0 aliphatic carbocycles. The number of amides is 2. The molecule has 3 rings (SSSR count). The summed E-state index contributed by atoms with van der Waals surface area (Å²) >= 11 is 18.1. The van der Waals surface area contributed by atoms with E-state index in [2.05, 4.69) is 15.8 Å². The fourth-order valence-electron chi connectivity index (χ4n) is 2.81. The summed E-state index contributed by atoms with van der Waals surface area (Å²) in [4.78, 5) is 24.1. The lowest BCUT2D eigenvalue weighted by Crippen LogP contribution is -2.24. The van der Waals surface area contributed by atoms with Crippen molar-refractivity contribution in [1.29, 1.82) is 0 Å². The number of hydrazone groups is 1. The van der Waals surface area contributed by atoms with Crippen LogP contribution in [0, 0.1) is 0 Å². The molecule has 0 saturated carbocycles. The van der Waals surface area contributed by atoms with Gasteiger partial charge in [-0.15, -0.1) is 0 Å². The van der Waals surface area contributed by atoms with E-state index in [-0.39, 0.29) is 11.6 Å². The molecule has 0 radical (unpaired) electrons. The molecule has 0 unspecified atom stereocenters. The Morgan fingerprint density at radius 1 is 0.941 bits per heavy atom. The minimum atomic E-state index is -0.599. The first-order valence-electron chi connectivity index (χ1n) is 9.97. The first kappa shape index (κ1) is 25.4. The highest BCUT2D eigenvalue weighted by Crippen LogP contribution is 2.30. The molecule has 0 heterocycles. The summed E-state index contributed by atoms with van der Waals surface area (Å²) in [5.41, 5.74) is 4.12. The van der Waals surface area contributed by atoms with Gasteiger partial charge in [0.25, 0.3) is 0 Å². The van der Waals surface area contributed by atoms with Gasteiger partial charge < -0.3 is 14.8 Å².